The fourth-order valence-electron chi connectivity index (χ4n) is 2.31. The lowest BCUT2D eigenvalue weighted by Gasteiger charge is -2.11. The third-order valence-electron chi connectivity index (χ3n) is 3.82. The minimum atomic E-state index is -0.623. The van der Waals surface area contributed by atoms with Gasteiger partial charge in [-0.3, -0.25) is 20.9 Å². The van der Waals surface area contributed by atoms with Gasteiger partial charge < -0.3 is 15.4 Å². The second-order valence-corrected chi connectivity index (χ2v) is 6.51. The summed E-state index contributed by atoms with van der Waals surface area (Å²) in [6.45, 7) is 4.27. The molecule has 154 valence electrons. The second kappa shape index (κ2) is 11.2. The third-order valence-corrected chi connectivity index (χ3v) is 4.13. The highest BCUT2D eigenvalue weighted by atomic mass is 35.5. The highest BCUT2D eigenvalue weighted by Gasteiger charge is 2.08. The molecule has 2 aromatic rings. The van der Waals surface area contributed by atoms with Crippen molar-refractivity contribution in [3.63, 3.8) is 0 Å². The Morgan fingerprint density at radius 2 is 1.90 bits per heavy atom. The zero-order valence-electron chi connectivity index (χ0n) is 15.6. The lowest BCUT2D eigenvalue weighted by Crippen LogP contribution is -2.31. The van der Waals surface area contributed by atoms with Gasteiger partial charge in [-0.2, -0.15) is 0 Å². The van der Waals surface area contributed by atoms with Gasteiger partial charge in [-0.1, -0.05) is 30.3 Å². The number of carbonyl (C=O) groups excluding carboxylic acids is 2. The number of hydrogen-bond donors (Lipinski definition) is 4. The molecule has 9 heteroatoms. The topological polar surface area (TPSA) is 105 Å². The minimum absolute atomic E-state index is 0.0223. The zero-order valence-corrected chi connectivity index (χ0v) is 16.4. The van der Waals surface area contributed by atoms with Crippen LogP contribution in [0, 0.1) is 5.82 Å². The normalized spacial score (nSPS) is 10.3. The van der Waals surface area contributed by atoms with Crippen molar-refractivity contribution in [3.05, 3.63) is 76.7 Å². The van der Waals surface area contributed by atoms with E-state index in [2.05, 4.69) is 22.6 Å². The van der Waals surface area contributed by atoms with Gasteiger partial charge >= 0.3 is 0 Å². The molecule has 0 heterocycles. The quantitative estimate of drug-likeness (QED) is 0.348. The largest absolute Gasteiger partial charge is 0.484 e. The van der Waals surface area contributed by atoms with E-state index in [0.717, 1.165) is 11.6 Å². The second-order valence-electron chi connectivity index (χ2n) is 6.10. The molecule has 0 atom stereocenters. The molecule has 0 aliphatic rings. The van der Waals surface area contributed by atoms with E-state index in [0.29, 0.717) is 24.2 Å². The lowest BCUT2D eigenvalue weighted by molar-refractivity contribution is -0.123. The predicted molar refractivity (Wildman–Crippen MR) is 109 cm³/mol. The van der Waals surface area contributed by atoms with Crippen molar-refractivity contribution >= 4 is 23.4 Å². The van der Waals surface area contributed by atoms with Crippen LogP contribution in [0.5, 0.6) is 5.75 Å². The Hall–Kier alpha value is -2.94. The van der Waals surface area contributed by atoms with Gasteiger partial charge in [-0.25, -0.2) is 4.39 Å². The van der Waals surface area contributed by atoms with E-state index in [9.17, 15) is 14.0 Å². The molecule has 0 fully saturated rings. The zero-order chi connectivity index (χ0) is 21.2. The number of halogens is 2. The van der Waals surface area contributed by atoms with Crippen LogP contribution < -0.4 is 26.6 Å². The first-order valence-electron chi connectivity index (χ1n) is 8.75. The predicted octanol–water partition coefficient (Wildman–Crippen LogP) is 2.27. The third kappa shape index (κ3) is 7.53. The van der Waals surface area contributed by atoms with Crippen LogP contribution in [0.4, 0.5) is 4.39 Å². The maximum atomic E-state index is 13.3. The standard InChI is InChI=1S/C20H22ClFN4O3/c1-13(26-20(28)15-4-2-14(3-5-15)11-25-23)8-9-24-19(27)12-29-16-6-7-17(21)18(22)10-16/h2-7,10,25H,1,8-9,11-12,23H2,(H,24,27)(H,26,28). The van der Waals surface area contributed by atoms with E-state index >= 15 is 0 Å². The maximum absolute atomic E-state index is 13.3. The molecule has 2 amide bonds. The van der Waals surface area contributed by atoms with Crippen LogP contribution in [-0.4, -0.2) is 25.0 Å². The van der Waals surface area contributed by atoms with Crippen LogP contribution in [0.3, 0.4) is 0 Å². The molecule has 0 bridgehead atoms. The highest BCUT2D eigenvalue weighted by Crippen LogP contribution is 2.20. The van der Waals surface area contributed by atoms with Gasteiger partial charge in [-0.15, -0.1) is 0 Å². The van der Waals surface area contributed by atoms with Crippen LogP contribution in [0.1, 0.15) is 22.3 Å². The fraction of sp³-hybridized carbons (Fsp3) is 0.200. The number of carbonyl (C=O) groups is 2. The molecule has 29 heavy (non-hydrogen) atoms. The number of nitrogens with two attached hydrogens (primary N) is 1. The summed E-state index contributed by atoms with van der Waals surface area (Å²) < 4.78 is 18.5. The van der Waals surface area contributed by atoms with E-state index in [1.165, 1.54) is 12.1 Å². The minimum Gasteiger partial charge on any atom is -0.484 e. The van der Waals surface area contributed by atoms with E-state index in [-0.39, 0.29) is 35.7 Å². The number of nitrogens with one attached hydrogen (secondary N) is 3. The van der Waals surface area contributed by atoms with Gasteiger partial charge in [0.1, 0.15) is 11.6 Å². The summed E-state index contributed by atoms with van der Waals surface area (Å²) in [4.78, 5) is 24.0. The molecule has 7 nitrogen and oxygen atoms in total. The summed E-state index contributed by atoms with van der Waals surface area (Å²) in [5.74, 6) is 4.16. The van der Waals surface area contributed by atoms with Gasteiger partial charge in [0.25, 0.3) is 11.8 Å². The van der Waals surface area contributed by atoms with Crippen molar-refractivity contribution in [1.29, 1.82) is 0 Å². The maximum Gasteiger partial charge on any atom is 0.257 e. The van der Waals surface area contributed by atoms with E-state index in [4.69, 9.17) is 22.2 Å². The molecule has 0 aromatic heterocycles. The summed E-state index contributed by atoms with van der Waals surface area (Å²) in [6, 6.07) is 10.9. The van der Waals surface area contributed by atoms with E-state index in [1.807, 2.05) is 0 Å². The van der Waals surface area contributed by atoms with Crippen LogP contribution >= 0.6 is 11.6 Å². The van der Waals surface area contributed by atoms with Crippen LogP contribution in [0.25, 0.3) is 0 Å². The molecular weight excluding hydrogens is 399 g/mol. The summed E-state index contributed by atoms with van der Waals surface area (Å²) in [5.41, 5.74) is 4.44. The first-order chi connectivity index (χ1) is 13.9. The number of benzene rings is 2. The summed E-state index contributed by atoms with van der Waals surface area (Å²) in [7, 11) is 0. The first-order valence-corrected chi connectivity index (χ1v) is 9.13. The molecule has 2 rings (SSSR count). The molecule has 0 unspecified atom stereocenters. The van der Waals surface area contributed by atoms with Gasteiger partial charge in [0.05, 0.1) is 5.02 Å². The number of rotatable bonds is 10. The molecule has 0 saturated heterocycles. The Morgan fingerprint density at radius 1 is 1.17 bits per heavy atom. The average Bonchev–Trinajstić information content (AvgIpc) is 2.69. The molecule has 0 aliphatic carbocycles. The summed E-state index contributed by atoms with van der Waals surface area (Å²) >= 11 is 5.58. The number of hydrogen-bond acceptors (Lipinski definition) is 5. The molecule has 0 aliphatic heterocycles. The molecule has 5 N–H and O–H groups in total. The average molecular weight is 421 g/mol. The van der Waals surface area contributed by atoms with Crippen LogP contribution in [0.2, 0.25) is 5.02 Å². The summed E-state index contributed by atoms with van der Waals surface area (Å²) in [5, 5.41) is 5.29. The number of ether oxygens (including phenoxy) is 1. The van der Waals surface area contributed by atoms with Gasteiger partial charge in [0.2, 0.25) is 0 Å². The van der Waals surface area contributed by atoms with E-state index < -0.39 is 5.82 Å². The number of hydrazine groups is 1. The Kier molecular flexibility index (Phi) is 8.60. The van der Waals surface area contributed by atoms with Crippen molar-refractivity contribution in [1.82, 2.24) is 16.1 Å². The molecule has 0 saturated carbocycles. The lowest BCUT2D eigenvalue weighted by atomic mass is 10.1. The van der Waals surface area contributed by atoms with Crippen molar-refractivity contribution in [2.24, 2.45) is 5.84 Å². The summed E-state index contributed by atoms with van der Waals surface area (Å²) in [6.07, 6.45) is 0.349. The van der Waals surface area contributed by atoms with Gasteiger partial charge in [0.15, 0.2) is 6.61 Å². The van der Waals surface area contributed by atoms with Crippen molar-refractivity contribution in [2.45, 2.75) is 13.0 Å². The smallest absolute Gasteiger partial charge is 0.257 e. The number of amides is 2. The Morgan fingerprint density at radius 3 is 2.55 bits per heavy atom. The van der Waals surface area contributed by atoms with Crippen molar-refractivity contribution in [3.8, 4) is 5.75 Å². The highest BCUT2D eigenvalue weighted by molar-refractivity contribution is 6.30. The monoisotopic (exact) mass is 420 g/mol. The van der Waals surface area contributed by atoms with E-state index in [1.54, 1.807) is 24.3 Å². The van der Waals surface area contributed by atoms with Crippen LogP contribution in [-0.2, 0) is 11.3 Å². The van der Waals surface area contributed by atoms with Gasteiger partial charge in [0, 0.05) is 36.8 Å². The van der Waals surface area contributed by atoms with Crippen molar-refractivity contribution < 1.29 is 18.7 Å². The van der Waals surface area contributed by atoms with Crippen LogP contribution in [0.15, 0.2) is 54.7 Å². The molecular formula is C20H22ClFN4O3. The molecule has 0 spiro atoms. The van der Waals surface area contributed by atoms with Gasteiger partial charge in [-0.05, 0) is 29.8 Å². The molecule has 2 aromatic carbocycles. The first kappa shape index (κ1) is 22.4. The SMILES string of the molecule is C=C(CCNC(=O)COc1ccc(Cl)c(F)c1)NC(=O)c1ccc(CNN)cc1. The fourth-order valence-corrected chi connectivity index (χ4v) is 2.42. The Bertz CT molecular complexity index is 875. The Balaban J connectivity index is 1.68. The molecule has 0 radical (unpaired) electrons. The van der Waals surface area contributed by atoms with Crippen molar-refractivity contribution in [2.75, 3.05) is 13.2 Å². The Labute approximate surface area is 173 Å².